The van der Waals surface area contributed by atoms with Crippen molar-refractivity contribution in [1.29, 1.82) is 5.41 Å². The maximum absolute atomic E-state index is 8.66. The van der Waals surface area contributed by atoms with Gasteiger partial charge in [0.25, 0.3) is 0 Å². The van der Waals surface area contributed by atoms with E-state index in [1.54, 1.807) is 6.20 Å². The van der Waals surface area contributed by atoms with E-state index in [1.165, 1.54) is 0 Å². The van der Waals surface area contributed by atoms with Gasteiger partial charge in [-0.05, 0) is 50.1 Å². The largest absolute Gasteiger partial charge is 0.488 e. The van der Waals surface area contributed by atoms with Crippen LogP contribution in [0.5, 0.6) is 5.75 Å². The van der Waals surface area contributed by atoms with Crippen LogP contribution < -0.4 is 15.4 Å². The number of rotatable bonds is 5. The molecule has 2 aromatic rings. The first-order valence-corrected chi connectivity index (χ1v) is 9.01. The van der Waals surface area contributed by atoms with Crippen LogP contribution in [0.4, 0.5) is 11.5 Å². The third-order valence-electron chi connectivity index (χ3n) is 4.98. The summed E-state index contributed by atoms with van der Waals surface area (Å²) >= 11 is 0. The molecule has 1 aliphatic carbocycles. The minimum atomic E-state index is -0.0598. The van der Waals surface area contributed by atoms with E-state index < -0.39 is 0 Å². The second-order valence-corrected chi connectivity index (χ2v) is 7.18. The number of morpholine rings is 1. The minimum absolute atomic E-state index is 0.0598. The predicted octanol–water partition coefficient (Wildman–Crippen LogP) is 2.85. The summed E-state index contributed by atoms with van der Waals surface area (Å²) in [5.41, 5.74) is 8.53. The zero-order chi connectivity index (χ0) is 18.1. The fourth-order valence-electron chi connectivity index (χ4n) is 3.07. The van der Waals surface area contributed by atoms with Crippen LogP contribution in [0.25, 0.3) is 0 Å². The lowest BCUT2D eigenvalue weighted by Gasteiger charge is -2.28. The molecule has 2 aliphatic rings. The quantitative estimate of drug-likeness (QED) is 0.638. The van der Waals surface area contributed by atoms with Crippen LogP contribution in [-0.2, 0) is 4.74 Å². The third-order valence-corrected chi connectivity index (χ3v) is 4.98. The molecule has 1 saturated heterocycles. The summed E-state index contributed by atoms with van der Waals surface area (Å²) in [4.78, 5) is 6.63. The number of nitrogens with one attached hydrogen (secondary N) is 1. The van der Waals surface area contributed by atoms with E-state index >= 15 is 0 Å². The number of aromatic nitrogens is 1. The van der Waals surface area contributed by atoms with E-state index in [0.717, 1.165) is 43.1 Å². The summed E-state index contributed by atoms with van der Waals surface area (Å²) in [6, 6.07) is 9.36. The number of nitrogens with two attached hydrogens (primary N) is 1. The molecule has 136 valence electrons. The molecule has 0 unspecified atom stereocenters. The summed E-state index contributed by atoms with van der Waals surface area (Å²) in [6.45, 7) is 5.14. The molecule has 1 aromatic heterocycles. The number of pyridine rings is 1. The van der Waals surface area contributed by atoms with Gasteiger partial charge in [0, 0.05) is 36.1 Å². The van der Waals surface area contributed by atoms with E-state index in [1.807, 2.05) is 30.3 Å². The highest BCUT2D eigenvalue weighted by atomic mass is 16.5. The first kappa shape index (κ1) is 16.8. The molecule has 2 heterocycles. The average Bonchev–Trinajstić information content (AvgIpc) is 3.40. The van der Waals surface area contributed by atoms with E-state index in [2.05, 4.69) is 16.8 Å². The summed E-state index contributed by atoms with van der Waals surface area (Å²) in [6.07, 6.45) is 3.88. The van der Waals surface area contributed by atoms with Crippen LogP contribution in [0, 0.1) is 5.41 Å². The van der Waals surface area contributed by atoms with Gasteiger partial charge in [0.1, 0.15) is 17.2 Å². The van der Waals surface area contributed by atoms with Gasteiger partial charge in [0.05, 0.1) is 18.9 Å². The number of anilines is 2. The predicted molar refractivity (Wildman–Crippen MR) is 102 cm³/mol. The normalized spacial score (nSPS) is 18.4. The average molecular weight is 352 g/mol. The molecule has 1 aromatic carbocycles. The summed E-state index contributed by atoms with van der Waals surface area (Å²) in [5, 5.41) is 8.66. The first-order valence-electron chi connectivity index (χ1n) is 9.01. The van der Waals surface area contributed by atoms with Gasteiger partial charge >= 0.3 is 0 Å². The van der Waals surface area contributed by atoms with Crippen molar-refractivity contribution in [2.45, 2.75) is 25.4 Å². The lowest BCUT2D eigenvalue weighted by Crippen LogP contribution is -2.36. The zero-order valence-corrected chi connectivity index (χ0v) is 15.0. The van der Waals surface area contributed by atoms with Gasteiger partial charge in [-0.3, -0.25) is 5.41 Å². The topological polar surface area (TPSA) is 84.5 Å². The van der Waals surface area contributed by atoms with Crippen LogP contribution in [0.3, 0.4) is 0 Å². The second kappa shape index (κ2) is 6.61. The highest BCUT2D eigenvalue weighted by Crippen LogP contribution is 2.40. The molecular formula is C20H24N4O2. The third kappa shape index (κ3) is 3.51. The summed E-state index contributed by atoms with van der Waals surface area (Å²) in [5.74, 6) is 1.63. The van der Waals surface area contributed by atoms with Crippen molar-refractivity contribution in [2.75, 3.05) is 36.9 Å². The van der Waals surface area contributed by atoms with Gasteiger partial charge in [-0.15, -0.1) is 0 Å². The van der Waals surface area contributed by atoms with Crippen LogP contribution in [0.2, 0.25) is 0 Å². The Morgan fingerprint density at radius 1 is 1.23 bits per heavy atom. The molecule has 0 amide bonds. The molecule has 6 nitrogen and oxygen atoms in total. The van der Waals surface area contributed by atoms with Crippen molar-refractivity contribution in [2.24, 2.45) is 0 Å². The van der Waals surface area contributed by atoms with E-state index in [4.69, 9.17) is 20.6 Å². The lowest BCUT2D eigenvalue weighted by atomic mass is 10.0. The molecule has 1 saturated carbocycles. The van der Waals surface area contributed by atoms with Crippen molar-refractivity contribution in [3.8, 4) is 5.75 Å². The number of benzene rings is 1. The Balaban J connectivity index is 1.59. The zero-order valence-electron chi connectivity index (χ0n) is 15.0. The fraction of sp³-hybridized carbons (Fsp3) is 0.400. The first-order chi connectivity index (χ1) is 12.5. The molecule has 0 radical (unpaired) electrons. The van der Waals surface area contributed by atoms with Gasteiger partial charge in [0.15, 0.2) is 0 Å². The van der Waals surface area contributed by atoms with Crippen molar-refractivity contribution in [3.05, 3.63) is 47.7 Å². The van der Waals surface area contributed by atoms with Gasteiger partial charge in [0.2, 0.25) is 0 Å². The molecule has 3 N–H and O–H groups in total. The minimum Gasteiger partial charge on any atom is -0.488 e. The molecule has 4 rings (SSSR count). The lowest BCUT2D eigenvalue weighted by molar-refractivity contribution is 0.122. The summed E-state index contributed by atoms with van der Waals surface area (Å²) < 4.78 is 11.4. The number of ether oxygens (including phenoxy) is 2. The SMILES string of the molecule is CC1(Oc2ccc(N)c(C(=N)c3ccnc(N4CCOCC4)c3)c2)CC1. The highest BCUT2D eigenvalue weighted by molar-refractivity contribution is 6.14. The van der Waals surface area contributed by atoms with E-state index in [9.17, 15) is 0 Å². The number of hydrogen-bond acceptors (Lipinski definition) is 6. The smallest absolute Gasteiger partial charge is 0.129 e. The Labute approximate surface area is 153 Å². The number of nitrogens with zero attached hydrogens (tertiary/aromatic N) is 2. The van der Waals surface area contributed by atoms with Crippen LogP contribution in [0.15, 0.2) is 36.5 Å². The number of nitrogen functional groups attached to an aromatic ring is 1. The van der Waals surface area contributed by atoms with Gasteiger partial charge in [-0.25, -0.2) is 4.98 Å². The second-order valence-electron chi connectivity index (χ2n) is 7.18. The van der Waals surface area contributed by atoms with Crippen LogP contribution >= 0.6 is 0 Å². The monoisotopic (exact) mass is 352 g/mol. The molecule has 2 fully saturated rings. The molecule has 0 bridgehead atoms. The Bertz CT molecular complexity index is 826. The summed E-state index contributed by atoms with van der Waals surface area (Å²) in [7, 11) is 0. The van der Waals surface area contributed by atoms with Crippen molar-refractivity contribution >= 4 is 17.2 Å². The van der Waals surface area contributed by atoms with Crippen molar-refractivity contribution in [3.63, 3.8) is 0 Å². The molecule has 6 heteroatoms. The van der Waals surface area contributed by atoms with Gasteiger partial charge in [-0.1, -0.05) is 0 Å². The molecule has 1 aliphatic heterocycles. The number of hydrogen-bond donors (Lipinski definition) is 2. The fourth-order valence-corrected chi connectivity index (χ4v) is 3.07. The molecule has 0 atom stereocenters. The van der Waals surface area contributed by atoms with Crippen molar-refractivity contribution in [1.82, 2.24) is 4.98 Å². The van der Waals surface area contributed by atoms with Gasteiger partial charge in [-0.2, -0.15) is 0 Å². The standard InChI is InChI=1S/C20H24N4O2/c1-20(5-6-20)26-15-2-3-17(21)16(13-15)19(22)14-4-7-23-18(12-14)24-8-10-25-11-9-24/h2-4,7,12-13,22H,5-6,8-11,21H2,1H3. The van der Waals surface area contributed by atoms with Crippen LogP contribution in [0.1, 0.15) is 30.9 Å². The van der Waals surface area contributed by atoms with Gasteiger partial charge < -0.3 is 20.1 Å². The Morgan fingerprint density at radius 2 is 2.00 bits per heavy atom. The molecule has 26 heavy (non-hydrogen) atoms. The Morgan fingerprint density at radius 3 is 2.73 bits per heavy atom. The molecular weight excluding hydrogens is 328 g/mol. The maximum Gasteiger partial charge on any atom is 0.129 e. The molecule has 0 spiro atoms. The van der Waals surface area contributed by atoms with Crippen LogP contribution in [-0.4, -0.2) is 42.6 Å². The van der Waals surface area contributed by atoms with Crippen molar-refractivity contribution < 1.29 is 9.47 Å². The highest BCUT2D eigenvalue weighted by Gasteiger charge is 2.40. The maximum atomic E-state index is 8.66. The Hall–Kier alpha value is -2.60. The van der Waals surface area contributed by atoms with E-state index in [0.29, 0.717) is 30.2 Å². The van der Waals surface area contributed by atoms with E-state index in [-0.39, 0.29) is 5.60 Å². The Kier molecular flexibility index (Phi) is 4.28.